The summed E-state index contributed by atoms with van der Waals surface area (Å²) in [6.45, 7) is 1.80. The Hall–Kier alpha value is -0.830. The highest BCUT2D eigenvalue weighted by molar-refractivity contribution is 9.10. The lowest BCUT2D eigenvalue weighted by molar-refractivity contribution is -0.143. The quantitative estimate of drug-likeness (QED) is 0.837. The fourth-order valence-electron chi connectivity index (χ4n) is 2.12. The van der Waals surface area contributed by atoms with Crippen molar-refractivity contribution in [1.29, 1.82) is 0 Å². The van der Waals surface area contributed by atoms with E-state index in [0.29, 0.717) is 6.42 Å². The Morgan fingerprint density at radius 3 is 2.93 bits per heavy atom. The van der Waals surface area contributed by atoms with Gasteiger partial charge in [-0.05, 0) is 37.0 Å². The summed E-state index contributed by atoms with van der Waals surface area (Å²) in [5, 5.41) is 9.22. The van der Waals surface area contributed by atoms with Crippen LogP contribution in [-0.4, -0.2) is 11.1 Å². The maximum Gasteiger partial charge on any atom is 0.313 e. The molecule has 2 rings (SSSR count). The second kappa shape index (κ2) is 3.09. The molecule has 74 valence electrons. The molecule has 0 radical (unpaired) electrons. The smallest absolute Gasteiger partial charge is 0.313 e. The van der Waals surface area contributed by atoms with E-state index >= 15 is 0 Å². The van der Waals surface area contributed by atoms with Crippen LogP contribution in [0.15, 0.2) is 22.7 Å². The lowest BCUT2D eigenvalue weighted by Crippen LogP contribution is -2.29. The number of halogens is 1. The van der Waals surface area contributed by atoms with Crippen LogP contribution in [0.3, 0.4) is 0 Å². The molecule has 0 saturated carbocycles. The Kier molecular flexibility index (Phi) is 2.14. The van der Waals surface area contributed by atoms with E-state index in [9.17, 15) is 9.90 Å². The van der Waals surface area contributed by atoms with Crippen LogP contribution in [0.1, 0.15) is 24.5 Å². The number of aliphatic carboxylic acids is 1. The summed E-state index contributed by atoms with van der Waals surface area (Å²) in [6, 6.07) is 5.87. The first-order valence-corrected chi connectivity index (χ1v) is 5.36. The number of carboxylic acid groups (broad SMARTS) is 1. The molecular weight excluding hydrogens is 244 g/mol. The Bertz CT molecular complexity index is 400. The van der Waals surface area contributed by atoms with Gasteiger partial charge in [0.15, 0.2) is 0 Å². The van der Waals surface area contributed by atoms with Crippen molar-refractivity contribution in [3.63, 3.8) is 0 Å². The number of rotatable bonds is 1. The monoisotopic (exact) mass is 254 g/mol. The molecule has 0 amide bonds. The van der Waals surface area contributed by atoms with Gasteiger partial charge in [0.1, 0.15) is 0 Å². The molecule has 0 saturated heterocycles. The van der Waals surface area contributed by atoms with Crippen LogP contribution < -0.4 is 0 Å². The summed E-state index contributed by atoms with van der Waals surface area (Å²) in [5.41, 5.74) is 1.40. The number of benzene rings is 1. The highest BCUT2D eigenvalue weighted by atomic mass is 79.9. The minimum atomic E-state index is -0.733. The number of carboxylic acids is 1. The van der Waals surface area contributed by atoms with Gasteiger partial charge in [0.2, 0.25) is 0 Å². The zero-order valence-corrected chi connectivity index (χ0v) is 9.47. The summed E-state index contributed by atoms with van der Waals surface area (Å²) in [6.07, 6.45) is 1.55. The van der Waals surface area contributed by atoms with Crippen molar-refractivity contribution in [2.45, 2.75) is 25.2 Å². The van der Waals surface area contributed by atoms with Crippen molar-refractivity contribution in [2.75, 3.05) is 0 Å². The summed E-state index contributed by atoms with van der Waals surface area (Å²) in [7, 11) is 0. The molecule has 0 aliphatic heterocycles. The van der Waals surface area contributed by atoms with Crippen LogP contribution in [0.25, 0.3) is 0 Å². The van der Waals surface area contributed by atoms with Gasteiger partial charge < -0.3 is 5.11 Å². The average Bonchev–Trinajstić information content (AvgIpc) is 2.47. The van der Waals surface area contributed by atoms with Gasteiger partial charge in [-0.15, -0.1) is 0 Å². The highest BCUT2D eigenvalue weighted by Gasteiger charge is 2.42. The van der Waals surface area contributed by atoms with E-state index in [0.717, 1.165) is 22.0 Å². The number of fused-ring (bicyclic) bond motifs is 1. The Morgan fingerprint density at radius 1 is 1.57 bits per heavy atom. The topological polar surface area (TPSA) is 37.3 Å². The van der Waals surface area contributed by atoms with Crippen molar-refractivity contribution < 1.29 is 9.90 Å². The molecule has 1 aromatic rings. The number of hydrogen-bond donors (Lipinski definition) is 1. The van der Waals surface area contributed by atoms with Gasteiger partial charge in [0, 0.05) is 4.47 Å². The van der Waals surface area contributed by atoms with Crippen LogP contribution in [0.5, 0.6) is 0 Å². The van der Waals surface area contributed by atoms with Gasteiger partial charge in [0.25, 0.3) is 0 Å². The van der Waals surface area contributed by atoms with Gasteiger partial charge in [-0.1, -0.05) is 28.1 Å². The molecule has 1 aromatic carbocycles. The SMILES string of the molecule is CC1(C(=O)O)CCc2cccc(Br)c21. The molecule has 1 unspecified atom stereocenters. The largest absolute Gasteiger partial charge is 0.481 e. The van der Waals surface area contributed by atoms with E-state index in [1.54, 1.807) is 6.92 Å². The second-order valence-electron chi connectivity index (χ2n) is 3.91. The summed E-state index contributed by atoms with van der Waals surface area (Å²) >= 11 is 3.43. The van der Waals surface area contributed by atoms with Crippen LogP contribution >= 0.6 is 15.9 Å². The zero-order valence-electron chi connectivity index (χ0n) is 7.88. The Morgan fingerprint density at radius 2 is 2.29 bits per heavy atom. The second-order valence-corrected chi connectivity index (χ2v) is 4.77. The molecule has 1 aliphatic rings. The number of hydrogen-bond acceptors (Lipinski definition) is 1. The first kappa shape index (κ1) is 9.71. The Balaban J connectivity index is 2.64. The molecule has 1 N–H and O–H groups in total. The molecule has 0 spiro atoms. The lowest BCUT2D eigenvalue weighted by atomic mass is 9.84. The molecule has 2 nitrogen and oxygen atoms in total. The third-order valence-electron chi connectivity index (χ3n) is 3.02. The predicted octanol–water partition coefficient (Wildman–Crippen LogP) is 2.74. The normalized spacial score (nSPS) is 24.7. The third kappa shape index (κ3) is 1.19. The van der Waals surface area contributed by atoms with Crippen molar-refractivity contribution in [2.24, 2.45) is 0 Å². The van der Waals surface area contributed by atoms with Crippen molar-refractivity contribution in [3.8, 4) is 0 Å². The van der Waals surface area contributed by atoms with Gasteiger partial charge in [0.05, 0.1) is 5.41 Å². The van der Waals surface area contributed by atoms with E-state index in [1.165, 1.54) is 0 Å². The summed E-state index contributed by atoms with van der Waals surface area (Å²) in [5.74, 6) is -0.733. The molecule has 0 bridgehead atoms. The summed E-state index contributed by atoms with van der Waals surface area (Å²) in [4.78, 5) is 11.2. The van der Waals surface area contributed by atoms with Crippen molar-refractivity contribution in [3.05, 3.63) is 33.8 Å². The van der Waals surface area contributed by atoms with E-state index in [-0.39, 0.29) is 0 Å². The molecule has 0 heterocycles. The predicted molar refractivity (Wildman–Crippen MR) is 57.5 cm³/mol. The van der Waals surface area contributed by atoms with Crippen molar-refractivity contribution in [1.82, 2.24) is 0 Å². The third-order valence-corrected chi connectivity index (χ3v) is 3.68. The average molecular weight is 255 g/mol. The van der Waals surface area contributed by atoms with Crippen LogP contribution in [-0.2, 0) is 16.6 Å². The van der Waals surface area contributed by atoms with Crippen molar-refractivity contribution >= 4 is 21.9 Å². The van der Waals surface area contributed by atoms with Gasteiger partial charge in [-0.25, -0.2) is 0 Å². The molecule has 1 atom stereocenters. The molecule has 1 aliphatic carbocycles. The summed E-state index contributed by atoms with van der Waals surface area (Å²) < 4.78 is 0.914. The highest BCUT2D eigenvalue weighted by Crippen LogP contribution is 2.42. The standard InChI is InChI=1S/C11H11BrO2/c1-11(10(13)14)6-5-7-3-2-4-8(12)9(7)11/h2-4H,5-6H2,1H3,(H,13,14). The fourth-order valence-corrected chi connectivity index (χ4v) is 2.96. The van der Waals surface area contributed by atoms with Gasteiger partial charge >= 0.3 is 5.97 Å². The van der Waals surface area contributed by atoms with Crippen LogP contribution in [0, 0.1) is 0 Å². The minimum Gasteiger partial charge on any atom is -0.481 e. The molecule has 14 heavy (non-hydrogen) atoms. The number of aryl methyl sites for hydroxylation is 1. The van der Waals surface area contributed by atoms with E-state index in [2.05, 4.69) is 15.9 Å². The zero-order chi connectivity index (χ0) is 10.3. The van der Waals surface area contributed by atoms with Crippen LogP contribution in [0.4, 0.5) is 0 Å². The van der Waals surface area contributed by atoms with E-state index in [4.69, 9.17) is 0 Å². The lowest BCUT2D eigenvalue weighted by Gasteiger charge is -2.20. The molecule has 3 heteroatoms. The van der Waals surface area contributed by atoms with Crippen LogP contribution in [0.2, 0.25) is 0 Å². The Labute approximate surface area is 91.1 Å². The minimum absolute atomic E-state index is 0.695. The van der Waals surface area contributed by atoms with Gasteiger partial charge in [-0.2, -0.15) is 0 Å². The number of carbonyl (C=O) groups is 1. The maximum atomic E-state index is 11.2. The first-order chi connectivity index (χ1) is 6.55. The fraction of sp³-hybridized carbons (Fsp3) is 0.364. The van der Waals surface area contributed by atoms with Gasteiger partial charge in [-0.3, -0.25) is 4.79 Å². The molecule has 0 fully saturated rings. The van der Waals surface area contributed by atoms with E-state index in [1.807, 2.05) is 18.2 Å². The van der Waals surface area contributed by atoms with E-state index < -0.39 is 11.4 Å². The molecule has 0 aromatic heterocycles. The first-order valence-electron chi connectivity index (χ1n) is 4.57. The molecular formula is C11H11BrO2. The maximum absolute atomic E-state index is 11.2.